The summed E-state index contributed by atoms with van der Waals surface area (Å²) in [4.78, 5) is 14.3. The van der Waals surface area contributed by atoms with Crippen LogP contribution >= 0.6 is 12.2 Å². The van der Waals surface area contributed by atoms with Gasteiger partial charge in [-0.25, -0.2) is 0 Å². The summed E-state index contributed by atoms with van der Waals surface area (Å²) in [6, 6.07) is 13.1. The van der Waals surface area contributed by atoms with Crippen molar-refractivity contribution in [3.8, 4) is 11.5 Å². The maximum Gasteiger partial charge on any atom is 0.281 e. The zero-order valence-electron chi connectivity index (χ0n) is 14.2. The van der Waals surface area contributed by atoms with Gasteiger partial charge in [-0.2, -0.15) is 0 Å². The number of hydrogen-bond donors (Lipinski definition) is 1. The van der Waals surface area contributed by atoms with E-state index < -0.39 is 0 Å². The van der Waals surface area contributed by atoms with Crippen LogP contribution < -0.4 is 19.7 Å². The Morgan fingerprint density at radius 3 is 2.52 bits per heavy atom. The third kappa shape index (κ3) is 3.34. The number of anilines is 1. The van der Waals surface area contributed by atoms with Gasteiger partial charge in [0.1, 0.15) is 5.70 Å². The first kappa shape index (κ1) is 17.0. The summed E-state index contributed by atoms with van der Waals surface area (Å²) in [5.74, 6) is 1.04. The molecule has 0 atom stereocenters. The van der Waals surface area contributed by atoms with Crippen LogP contribution in [0.3, 0.4) is 0 Å². The van der Waals surface area contributed by atoms with E-state index in [1.807, 2.05) is 37.3 Å². The van der Waals surface area contributed by atoms with Gasteiger partial charge in [0.15, 0.2) is 16.6 Å². The molecule has 6 heteroatoms. The fourth-order valence-electron chi connectivity index (χ4n) is 2.65. The van der Waals surface area contributed by atoms with Crippen molar-refractivity contribution < 1.29 is 14.3 Å². The minimum atomic E-state index is -0.189. The molecule has 5 nitrogen and oxygen atoms in total. The van der Waals surface area contributed by atoms with Gasteiger partial charge >= 0.3 is 0 Å². The first-order chi connectivity index (χ1) is 12.0. The number of carbonyl (C=O) groups excluding carboxylic acids is 1. The molecule has 0 saturated carbocycles. The number of thiocarbonyl (C=S) groups is 1. The molecule has 25 heavy (non-hydrogen) atoms. The molecular formula is C19H18N2O3S. The number of nitrogens with zero attached hydrogens (tertiary/aromatic N) is 1. The third-order valence-electron chi connectivity index (χ3n) is 3.86. The van der Waals surface area contributed by atoms with Gasteiger partial charge in [-0.05, 0) is 60.6 Å². The van der Waals surface area contributed by atoms with Crippen LogP contribution in [0, 0.1) is 6.92 Å². The lowest BCUT2D eigenvalue weighted by molar-refractivity contribution is -0.113. The lowest BCUT2D eigenvalue weighted by Gasteiger charge is -2.14. The van der Waals surface area contributed by atoms with Crippen molar-refractivity contribution in [2.75, 3.05) is 19.1 Å². The Morgan fingerprint density at radius 2 is 1.84 bits per heavy atom. The summed E-state index contributed by atoms with van der Waals surface area (Å²) in [6.45, 7) is 1.97. The molecule has 1 fully saturated rings. The molecule has 128 valence electrons. The van der Waals surface area contributed by atoms with Crippen molar-refractivity contribution in [2.24, 2.45) is 0 Å². The monoisotopic (exact) mass is 354 g/mol. The largest absolute Gasteiger partial charge is 0.493 e. The van der Waals surface area contributed by atoms with E-state index in [0.29, 0.717) is 22.3 Å². The number of benzene rings is 2. The molecule has 0 bridgehead atoms. The van der Waals surface area contributed by atoms with Crippen LogP contribution in [0.4, 0.5) is 5.69 Å². The van der Waals surface area contributed by atoms with E-state index >= 15 is 0 Å². The van der Waals surface area contributed by atoms with Gasteiger partial charge in [-0.3, -0.25) is 9.69 Å². The minimum Gasteiger partial charge on any atom is -0.493 e. The Balaban J connectivity index is 1.93. The van der Waals surface area contributed by atoms with Crippen LogP contribution in [0.2, 0.25) is 0 Å². The Kier molecular flexibility index (Phi) is 4.72. The number of amides is 1. The molecule has 2 aromatic carbocycles. The lowest BCUT2D eigenvalue weighted by atomic mass is 10.1. The highest BCUT2D eigenvalue weighted by atomic mass is 32.1. The van der Waals surface area contributed by atoms with Gasteiger partial charge in [0, 0.05) is 0 Å². The SMILES string of the molecule is COc1ccc(/C=C2\NC(=S)N(c3cccc(C)c3)C2=O)cc1OC. The van der Waals surface area contributed by atoms with Crippen molar-refractivity contribution in [1.29, 1.82) is 0 Å². The second-order valence-corrected chi connectivity index (χ2v) is 5.97. The normalized spacial score (nSPS) is 15.5. The van der Waals surface area contributed by atoms with Gasteiger partial charge < -0.3 is 14.8 Å². The summed E-state index contributed by atoms with van der Waals surface area (Å²) in [5, 5.41) is 3.35. The molecule has 1 aliphatic heterocycles. The quantitative estimate of drug-likeness (QED) is 0.675. The molecule has 0 spiro atoms. The van der Waals surface area contributed by atoms with E-state index in [4.69, 9.17) is 21.7 Å². The van der Waals surface area contributed by atoms with Crippen molar-refractivity contribution in [2.45, 2.75) is 6.92 Å². The number of ether oxygens (including phenoxy) is 2. The van der Waals surface area contributed by atoms with Crippen molar-refractivity contribution in [3.05, 3.63) is 59.3 Å². The molecule has 3 rings (SSSR count). The lowest BCUT2D eigenvalue weighted by Crippen LogP contribution is -2.30. The summed E-state index contributed by atoms with van der Waals surface area (Å²) in [7, 11) is 3.15. The van der Waals surface area contributed by atoms with Crippen LogP contribution in [-0.2, 0) is 4.79 Å². The van der Waals surface area contributed by atoms with Gasteiger partial charge in [0.05, 0.1) is 19.9 Å². The van der Waals surface area contributed by atoms with Crippen LogP contribution in [0.25, 0.3) is 6.08 Å². The van der Waals surface area contributed by atoms with E-state index in [9.17, 15) is 4.79 Å². The summed E-state index contributed by atoms with van der Waals surface area (Å²) in [6.07, 6.45) is 1.74. The van der Waals surface area contributed by atoms with E-state index in [0.717, 1.165) is 16.8 Å². The molecule has 0 unspecified atom stereocenters. The molecule has 2 aromatic rings. The average molecular weight is 354 g/mol. The zero-order valence-corrected chi connectivity index (χ0v) is 15.0. The maximum atomic E-state index is 12.8. The fourth-order valence-corrected chi connectivity index (χ4v) is 2.94. The Hall–Kier alpha value is -2.86. The number of aryl methyl sites for hydroxylation is 1. The number of nitrogens with one attached hydrogen (secondary N) is 1. The van der Waals surface area contributed by atoms with Gasteiger partial charge in [0.25, 0.3) is 5.91 Å². The Labute approximate surface area is 151 Å². The Morgan fingerprint density at radius 1 is 1.08 bits per heavy atom. The van der Waals surface area contributed by atoms with Crippen LogP contribution in [0.15, 0.2) is 48.2 Å². The van der Waals surface area contributed by atoms with Crippen LogP contribution in [0.1, 0.15) is 11.1 Å². The molecular weight excluding hydrogens is 336 g/mol. The highest BCUT2D eigenvalue weighted by molar-refractivity contribution is 7.80. The van der Waals surface area contributed by atoms with Crippen LogP contribution in [0.5, 0.6) is 11.5 Å². The second kappa shape index (κ2) is 6.94. The van der Waals surface area contributed by atoms with E-state index in [-0.39, 0.29) is 5.91 Å². The molecule has 1 heterocycles. The number of hydrogen-bond acceptors (Lipinski definition) is 4. The molecule has 1 saturated heterocycles. The van der Waals surface area contributed by atoms with Gasteiger partial charge in [-0.1, -0.05) is 18.2 Å². The van der Waals surface area contributed by atoms with Crippen molar-refractivity contribution in [3.63, 3.8) is 0 Å². The van der Waals surface area contributed by atoms with Crippen LogP contribution in [-0.4, -0.2) is 25.2 Å². The first-order valence-corrected chi connectivity index (χ1v) is 8.10. The molecule has 0 aromatic heterocycles. The Bertz CT molecular complexity index is 877. The standard InChI is InChI=1S/C19H18N2O3S/c1-12-5-4-6-14(9-12)21-18(22)15(20-19(21)25)10-13-7-8-16(23-2)17(11-13)24-3/h4-11H,1-3H3,(H,20,25)/b15-10-. The molecule has 0 radical (unpaired) electrons. The summed E-state index contributed by atoms with van der Waals surface area (Å²) < 4.78 is 10.5. The number of rotatable bonds is 4. The minimum absolute atomic E-state index is 0.189. The predicted octanol–water partition coefficient (Wildman–Crippen LogP) is 3.27. The molecule has 1 aliphatic rings. The van der Waals surface area contributed by atoms with E-state index in [1.165, 1.54) is 4.90 Å². The third-order valence-corrected chi connectivity index (χ3v) is 4.14. The smallest absolute Gasteiger partial charge is 0.281 e. The topological polar surface area (TPSA) is 50.8 Å². The van der Waals surface area contributed by atoms with Gasteiger partial charge in [0.2, 0.25) is 0 Å². The van der Waals surface area contributed by atoms with E-state index in [2.05, 4.69) is 5.32 Å². The van der Waals surface area contributed by atoms with E-state index in [1.54, 1.807) is 32.4 Å². The first-order valence-electron chi connectivity index (χ1n) is 7.69. The highest BCUT2D eigenvalue weighted by Crippen LogP contribution is 2.29. The van der Waals surface area contributed by atoms with Gasteiger partial charge in [-0.15, -0.1) is 0 Å². The molecule has 0 aliphatic carbocycles. The van der Waals surface area contributed by atoms with Crippen molar-refractivity contribution >= 4 is 35.0 Å². The molecule has 1 amide bonds. The number of methoxy groups -OCH3 is 2. The van der Waals surface area contributed by atoms with Crippen molar-refractivity contribution in [1.82, 2.24) is 5.32 Å². The average Bonchev–Trinajstić information content (AvgIpc) is 2.88. The predicted molar refractivity (Wildman–Crippen MR) is 102 cm³/mol. The highest BCUT2D eigenvalue weighted by Gasteiger charge is 2.31. The summed E-state index contributed by atoms with van der Waals surface area (Å²) >= 11 is 5.33. The second-order valence-electron chi connectivity index (χ2n) is 5.58. The zero-order chi connectivity index (χ0) is 18.0. The summed E-state index contributed by atoms with van der Waals surface area (Å²) in [5.41, 5.74) is 3.03. The number of carbonyl (C=O) groups is 1. The molecule has 1 N–H and O–H groups in total. The maximum absolute atomic E-state index is 12.8. The fraction of sp³-hybridized carbons (Fsp3) is 0.158.